The smallest absolute Gasteiger partial charge is 0.241 e. The van der Waals surface area contributed by atoms with E-state index in [-0.39, 0.29) is 17.0 Å². The van der Waals surface area contributed by atoms with Crippen LogP contribution in [0.4, 0.5) is 5.82 Å². The number of hydrogen-bond donors (Lipinski definition) is 2. The molecule has 21 heavy (non-hydrogen) atoms. The van der Waals surface area contributed by atoms with E-state index in [9.17, 15) is 8.42 Å². The van der Waals surface area contributed by atoms with Crippen molar-refractivity contribution in [3.63, 3.8) is 0 Å². The minimum atomic E-state index is -3.51. The van der Waals surface area contributed by atoms with Gasteiger partial charge in [-0.25, -0.2) is 18.1 Å². The molecule has 2 N–H and O–H groups in total. The number of aromatic nitrogens is 1. The molecule has 1 heterocycles. The highest BCUT2D eigenvalue weighted by atomic mass is 32.2. The summed E-state index contributed by atoms with van der Waals surface area (Å²) in [6, 6.07) is 3.03. The van der Waals surface area contributed by atoms with Crippen LogP contribution < -0.4 is 10.0 Å². The van der Waals surface area contributed by atoms with Crippen molar-refractivity contribution in [1.29, 1.82) is 0 Å². The Balaban J connectivity index is 2.05. The van der Waals surface area contributed by atoms with Gasteiger partial charge in [0.1, 0.15) is 5.82 Å². The fourth-order valence-electron chi connectivity index (χ4n) is 2.48. The molecule has 118 valence electrons. The van der Waals surface area contributed by atoms with Crippen LogP contribution in [0.25, 0.3) is 0 Å². The Hall–Kier alpha value is -1.18. The van der Waals surface area contributed by atoms with Gasteiger partial charge in [-0.15, -0.1) is 0 Å². The summed E-state index contributed by atoms with van der Waals surface area (Å²) in [7, 11) is -1.85. The number of rotatable bonds is 7. The van der Waals surface area contributed by atoms with Crippen molar-refractivity contribution in [3.8, 4) is 0 Å². The van der Waals surface area contributed by atoms with Gasteiger partial charge in [-0.1, -0.05) is 6.92 Å². The van der Waals surface area contributed by atoms with Crippen LogP contribution in [-0.2, 0) is 14.8 Å². The van der Waals surface area contributed by atoms with Crippen LogP contribution in [0, 0.1) is 0 Å². The standard InChI is InChI=1S/C14H23N3O3S/c1-3-7-15-14-10-13(6-8-16-14)21(18,19)17-11-4-5-12(9-11)20-2/h6,8,10-12,17H,3-5,7,9H2,1-2H3,(H,15,16). The van der Waals surface area contributed by atoms with Crippen LogP contribution in [0.15, 0.2) is 23.2 Å². The molecule has 0 aliphatic heterocycles. The van der Waals surface area contributed by atoms with Crippen LogP contribution in [-0.4, -0.2) is 39.2 Å². The second-order valence-electron chi connectivity index (χ2n) is 5.29. The van der Waals surface area contributed by atoms with E-state index in [1.165, 1.54) is 12.3 Å². The zero-order chi connectivity index (χ0) is 15.3. The molecule has 2 unspecified atom stereocenters. The van der Waals surface area contributed by atoms with Crippen LogP contribution in [0.3, 0.4) is 0 Å². The van der Waals surface area contributed by atoms with E-state index >= 15 is 0 Å². The van der Waals surface area contributed by atoms with Crippen molar-refractivity contribution in [2.75, 3.05) is 19.0 Å². The SMILES string of the molecule is CCCNc1cc(S(=O)(=O)NC2CCC(OC)C2)ccn1. The van der Waals surface area contributed by atoms with Crippen LogP contribution in [0.1, 0.15) is 32.6 Å². The van der Waals surface area contributed by atoms with Crippen molar-refractivity contribution in [1.82, 2.24) is 9.71 Å². The van der Waals surface area contributed by atoms with Gasteiger partial charge >= 0.3 is 0 Å². The molecule has 1 saturated carbocycles. The molecule has 6 nitrogen and oxygen atoms in total. The van der Waals surface area contributed by atoms with Crippen molar-refractivity contribution in [2.24, 2.45) is 0 Å². The van der Waals surface area contributed by atoms with Crippen LogP contribution in [0.2, 0.25) is 0 Å². The first-order chi connectivity index (χ1) is 10.0. The van der Waals surface area contributed by atoms with Gasteiger partial charge in [-0.2, -0.15) is 0 Å². The minimum absolute atomic E-state index is 0.0554. The number of methoxy groups -OCH3 is 1. The lowest BCUT2D eigenvalue weighted by Crippen LogP contribution is -2.33. The normalized spacial score (nSPS) is 22.4. The summed E-state index contributed by atoms with van der Waals surface area (Å²) in [5.41, 5.74) is 0. The minimum Gasteiger partial charge on any atom is -0.381 e. The number of hydrogen-bond acceptors (Lipinski definition) is 5. The molecule has 7 heteroatoms. The zero-order valence-corrected chi connectivity index (χ0v) is 13.3. The average molecular weight is 313 g/mol. The zero-order valence-electron chi connectivity index (χ0n) is 12.5. The molecule has 0 bridgehead atoms. The van der Waals surface area contributed by atoms with Gasteiger partial charge in [0.25, 0.3) is 0 Å². The number of nitrogens with one attached hydrogen (secondary N) is 2. The number of nitrogens with zero attached hydrogens (tertiary/aromatic N) is 1. The topological polar surface area (TPSA) is 80.3 Å². The number of anilines is 1. The molecular weight excluding hydrogens is 290 g/mol. The maximum atomic E-state index is 12.4. The van der Waals surface area contributed by atoms with E-state index < -0.39 is 10.0 Å². The van der Waals surface area contributed by atoms with Gasteiger partial charge in [0.2, 0.25) is 10.0 Å². The van der Waals surface area contributed by atoms with Gasteiger partial charge in [0.15, 0.2) is 0 Å². The molecule has 1 aliphatic carbocycles. The van der Waals surface area contributed by atoms with Crippen molar-refractivity contribution in [2.45, 2.75) is 49.6 Å². The summed E-state index contributed by atoms with van der Waals surface area (Å²) in [5.74, 6) is 0.584. The summed E-state index contributed by atoms with van der Waals surface area (Å²) >= 11 is 0. The molecule has 2 atom stereocenters. The third kappa shape index (κ3) is 4.39. The fraction of sp³-hybridized carbons (Fsp3) is 0.643. The first-order valence-corrected chi connectivity index (χ1v) is 8.78. The first kappa shape index (κ1) is 16.2. The Bertz CT molecular complexity index is 562. The maximum absolute atomic E-state index is 12.4. The lowest BCUT2D eigenvalue weighted by Gasteiger charge is -2.14. The van der Waals surface area contributed by atoms with Crippen molar-refractivity contribution < 1.29 is 13.2 Å². The van der Waals surface area contributed by atoms with E-state index in [0.29, 0.717) is 5.82 Å². The van der Waals surface area contributed by atoms with E-state index in [4.69, 9.17) is 4.74 Å². The Morgan fingerprint density at radius 3 is 2.90 bits per heavy atom. The average Bonchev–Trinajstić information content (AvgIpc) is 2.92. The van der Waals surface area contributed by atoms with Crippen LogP contribution in [0.5, 0.6) is 0 Å². The third-order valence-corrected chi connectivity index (χ3v) is 5.16. The Morgan fingerprint density at radius 1 is 1.43 bits per heavy atom. The molecule has 1 aliphatic rings. The highest BCUT2D eigenvalue weighted by molar-refractivity contribution is 7.89. The molecular formula is C14H23N3O3S. The summed E-state index contributed by atoms with van der Waals surface area (Å²) in [5, 5.41) is 3.09. The Labute approximate surface area is 126 Å². The Morgan fingerprint density at radius 2 is 2.24 bits per heavy atom. The molecule has 2 rings (SSSR count). The summed E-state index contributed by atoms with van der Waals surface area (Å²) in [4.78, 5) is 4.37. The van der Waals surface area contributed by atoms with Crippen molar-refractivity contribution >= 4 is 15.8 Å². The highest BCUT2D eigenvalue weighted by Gasteiger charge is 2.28. The summed E-state index contributed by atoms with van der Waals surface area (Å²) < 4.78 is 32.8. The van der Waals surface area contributed by atoms with Gasteiger partial charge in [-0.05, 0) is 31.7 Å². The van der Waals surface area contributed by atoms with E-state index in [0.717, 1.165) is 32.2 Å². The van der Waals surface area contributed by atoms with Gasteiger partial charge in [0.05, 0.1) is 11.0 Å². The highest BCUT2D eigenvalue weighted by Crippen LogP contribution is 2.23. The van der Waals surface area contributed by atoms with Gasteiger partial charge < -0.3 is 10.1 Å². The molecule has 0 saturated heterocycles. The third-order valence-electron chi connectivity index (χ3n) is 3.64. The van der Waals surface area contributed by atoms with E-state index in [2.05, 4.69) is 15.0 Å². The second kappa shape index (κ2) is 7.20. The summed E-state index contributed by atoms with van der Waals surface area (Å²) in [6.07, 6.45) is 5.04. The number of pyridine rings is 1. The maximum Gasteiger partial charge on any atom is 0.241 e. The molecule has 0 radical (unpaired) electrons. The van der Waals surface area contributed by atoms with Gasteiger partial charge in [0, 0.05) is 32.0 Å². The molecule has 0 amide bonds. The second-order valence-corrected chi connectivity index (χ2v) is 7.01. The number of sulfonamides is 1. The van der Waals surface area contributed by atoms with Gasteiger partial charge in [-0.3, -0.25) is 0 Å². The first-order valence-electron chi connectivity index (χ1n) is 7.30. The molecule has 0 aromatic carbocycles. The molecule has 0 spiro atoms. The lowest BCUT2D eigenvalue weighted by molar-refractivity contribution is 0.107. The van der Waals surface area contributed by atoms with Crippen molar-refractivity contribution in [3.05, 3.63) is 18.3 Å². The molecule has 1 aromatic rings. The largest absolute Gasteiger partial charge is 0.381 e. The predicted octanol–water partition coefficient (Wildman–Crippen LogP) is 1.75. The Kier molecular flexibility index (Phi) is 5.55. The number of ether oxygens (including phenoxy) is 1. The lowest BCUT2D eigenvalue weighted by atomic mass is 10.3. The predicted molar refractivity (Wildman–Crippen MR) is 81.8 cm³/mol. The summed E-state index contributed by atoms with van der Waals surface area (Å²) in [6.45, 7) is 2.81. The monoisotopic (exact) mass is 313 g/mol. The van der Waals surface area contributed by atoms with E-state index in [1.807, 2.05) is 6.92 Å². The quantitative estimate of drug-likeness (QED) is 0.801. The van der Waals surface area contributed by atoms with E-state index in [1.54, 1.807) is 13.2 Å². The molecule has 1 aromatic heterocycles. The van der Waals surface area contributed by atoms with Crippen LogP contribution >= 0.6 is 0 Å². The fourth-order valence-corrected chi connectivity index (χ4v) is 3.77. The molecule has 1 fully saturated rings.